The number of nitrogens with zero attached hydrogens (tertiary/aromatic N) is 4. The van der Waals surface area contributed by atoms with Crippen molar-refractivity contribution >= 4 is 77.6 Å². The van der Waals surface area contributed by atoms with Gasteiger partial charge in [0.15, 0.2) is 0 Å². The number of pyridine rings is 2. The van der Waals surface area contributed by atoms with E-state index in [-0.39, 0.29) is 10.8 Å². The first-order valence-corrected chi connectivity index (χ1v) is 26.6. The molecule has 0 unspecified atom stereocenters. The van der Waals surface area contributed by atoms with Crippen molar-refractivity contribution in [2.24, 2.45) is 0 Å². The Balaban J connectivity index is 0.863. The molecule has 0 bridgehead atoms. The van der Waals surface area contributed by atoms with Gasteiger partial charge in [-0.3, -0.25) is 9.97 Å². The molecule has 5 heteroatoms. The largest absolute Gasteiger partial charge is 0.456 e. The van der Waals surface area contributed by atoms with Crippen LogP contribution in [0.15, 0.2) is 247 Å². The molecule has 0 saturated heterocycles. The molecule has 13 aromatic rings. The van der Waals surface area contributed by atoms with E-state index in [1.807, 2.05) is 12.4 Å². The molecule has 5 nitrogen and oxygen atoms in total. The SMILES string of the molecule is CC1(C)c2cccnc2-c2c(-c3ccccc3N(c3ccccc3)c3ccc4cc5oc6cc7ccc(N(c8ccccc8)c8ccccc8-c8cccc9c8-c8ncccc8C9(C)C)cc7cc6c5cc4c3)cccc21. The summed E-state index contributed by atoms with van der Waals surface area (Å²) in [5, 5.41) is 6.65. The molecule has 0 atom stereocenters. The van der Waals surface area contributed by atoms with Crippen LogP contribution in [0.1, 0.15) is 49.9 Å². The van der Waals surface area contributed by atoms with E-state index in [4.69, 9.17) is 14.4 Å². The molecule has 2 aliphatic carbocycles. The third kappa shape index (κ3) is 6.86. The number of rotatable bonds is 8. The van der Waals surface area contributed by atoms with E-state index in [0.29, 0.717) is 0 Å². The fourth-order valence-corrected chi connectivity index (χ4v) is 12.9. The van der Waals surface area contributed by atoms with Gasteiger partial charge in [0.25, 0.3) is 0 Å². The maximum Gasteiger partial charge on any atom is 0.136 e. The Kier molecular flexibility index (Phi) is 9.89. The van der Waals surface area contributed by atoms with Crippen LogP contribution in [0.4, 0.5) is 34.1 Å². The summed E-state index contributed by atoms with van der Waals surface area (Å²) in [7, 11) is 0. The number of fused-ring (bicyclic) bond motifs is 11. The van der Waals surface area contributed by atoms with Gasteiger partial charge >= 0.3 is 0 Å². The minimum atomic E-state index is -0.166. The van der Waals surface area contributed by atoms with Crippen molar-refractivity contribution in [2.45, 2.75) is 38.5 Å². The van der Waals surface area contributed by atoms with Gasteiger partial charge in [-0.05, 0) is 152 Å². The van der Waals surface area contributed by atoms with Gasteiger partial charge in [-0.1, -0.05) is 161 Å². The number of para-hydroxylation sites is 4. The molecule has 10 aromatic carbocycles. The molecule has 0 saturated carbocycles. The minimum absolute atomic E-state index is 0.166. The standard InChI is InChI=1S/C72H52N4O/c1-71(2)59-27-15-25-55(67(59)69-61(71)29-17-37-73-69)53-23-11-13-31-63(53)75(49-19-7-5-8-20-49)51-35-33-45-43-65-57(41-47(45)39-51)58-42-48-40-52(36-34-46(48)44-66(58)77-65)76(50-21-9-6-10-22-50)64-32-14-12-24-54(64)56-26-16-28-60-68(56)70-62(72(60,3)4)30-18-38-74-70/h5-44H,1-4H3. The average molecular weight is 989 g/mol. The van der Waals surface area contributed by atoms with Gasteiger partial charge in [0.1, 0.15) is 11.2 Å². The third-order valence-electron chi connectivity index (χ3n) is 16.7. The van der Waals surface area contributed by atoms with Gasteiger partial charge in [-0.2, -0.15) is 0 Å². The predicted octanol–water partition coefficient (Wildman–Crippen LogP) is 19.6. The Bertz CT molecular complexity index is 4250. The number of furan rings is 1. The molecule has 0 aliphatic heterocycles. The van der Waals surface area contributed by atoms with Gasteiger partial charge in [-0.25, -0.2) is 0 Å². The van der Waals surface area contributed by atoms with E-state index in [9.17, 15) is 0 Å². The van der Waals surface area contributed by atoms with Crippen LogP contribution in [-0.2, 0) is 10.8 Å². The fourth-order valence-electron chi connectivity index (χ4n) is 12.9. The molecule has 0 fully saturated rings. The normalized spacial score (nSPS) is 13.7. The Morgan fingerprint density at radius 1 is 0.325 bits per heavy atom. The van der Waals surface area contributed by atoms with Gasteiger partial charge in [-0.15, -0.1) is 0 Å². The second-order valence-electron chi connectivity index (χ2n) is 21.7. The molecule has 0 spiro atoms. The van der Waals surface area contributed by atoms with Crippen LogP contribution < -0.4 is 9.80 Å². The van der Waals surface area contributed by atoms with Crippen LogP contribution in [0.5, 0.6) is 0 Å². The molecular weight excluding hydrogens is 937 g/mol. The number of aromatic nitrogens is 2. The summed E-state index contributed by atoms with van der Waals surface area (Å²) in [4.78, 5) is 14.8. The quantitative estimate of drug-likeness (QED) is 0.152. The van der Waals surface area contributed by atoms with Crippen LogP contribution in [0, 0.1) is 0 Å². The van der Waals surface area contributed by atoms with Gasteiger partial charge < -0.3 is 14.2 Å². The molecule has 0 N–H and O–H groups in total. The second kappa shape index (κ2) is 17.0. The second-order valence-corrected chi connectivity index (χ2v) is 21.7. The van der Waals surface area contributed by atoms with Gasteiger partial charge in [0.2, 0.25) is 0 Å². The molecule has 2 aliphatic rings. The van der Waals surface area contributed by atoms with Gasteiger partial charge in [0, 0.05) is 79.0 Å². The van der Waals surface area contributed by atoms with Crippen molar-refractivity contribution in [3.05, 3.63) is 265 Å². The monoisotopic (exact) mass is 988 g/mol. The number of anilines is 6. The van der Waals surface area contributed by atoms with Crippen molar-refractivity contribution in [3.63, 3.8) is 0 Å². The average Bonchev–Trinajstić information content (AvgIpc) is 4.21. The first kappa shape index (κ1) is 44.9. The first-order valence-electron chi connectivity index (χ1n) is 26.6. The van der Waals surface area contributed by atoms with Crippen molar-refractivity contribution in [3.8, 4) is 44.8 Å². The predicted molar refractivity (Wildman–Crippen MR) is 320 cm³/mol. The van der Waals surface area contributed by atoms with Crippen molar-refractivity contribution < 1.29 is 4.42 Å². The molecule has 3 heterocycles. The molecule has 77 heavy (non-hydrogen) atoms. The summed E-state index contributed by atoms with van der Waals surface area (Å²) in [6.07, 6.45) is 3.85. The molecule has 15 rings (SSSR count). The van der Waals surface area contributed by atoms with Crippen LogP contribution >= 0.6 is 0 Å². The number of hydrogen-bond donors (Lipinski definition) is 0. The van der Waals surface area contributed by atoms with E-state index in [0.717, 1.165) is 100 Å². The zero-order valence-corrected chi connectivity index (χ0v) is 43.3. The van der Waals surface area contributed by atoms with Crippen LogP contribution in [0.2, 0.25) is 0 Å². The summed E-state index contributed by atoms with van der Waals surface area (Å²) in [5.41, 5.74) is 22.2. The lowest BCUT2D eigenvalue weighted by Crippen LogP contribution is -2.15. The Hall–Kier alpha value is -9.58. The number of benzene rings is 10. The highest BCUT2D eigenvalue weighted by Gasteiger charge is 2.40. The summed E-state index contributed by atoms with van der Waals surface area (Å²) < 4.78 is 6.75. The fraction of sp³-hybridized carbons (Fsp3) is 0.0833. The zero-order valence-electron chi connectivity index (χ0n) is 43.3. The van der Waals surface area contributed by atoms with Crippen LogP contribution in [0.3, 0.4) is 0 Å². The zero-order chi connectivity index (χ0) is 51.6. The Morgan fingerprint density at radius 2 is 0.727 bits per heavy atom. The minimum Gasteiger partial charge on any atom is -0.456 e. The molecular formula is C72H52N4O. The molecule has 366 valence electrons. The van der Waals surface area contributed by atoms with Crippen molar-refractivity contribution in [1.29, 1.82) is 0 Å². The lowest BCUT2D eigenvalue weighted by molar-refractivity contribution is 0.659. The Morgan fingerprint density at radius 3 is 1.18 bits per heavy atom. The van der Waals surface area contributed by atoms with E-state index in [1.54, 1.807) is 0 Å². The maximum absolute atomic E-state index is 6.75. The lowest BCUT2D eigenvalue weighted by atomic mass is 9.82. The van der Waals surface area contributed by atoms with E-state index >= 15 is 0 Å². The highest BCUT2D eigenvalue weighted by atomic mass is 16.3. The van der Waals surface area contributed by atoms with E-state index in [2.05, 4.69) is 268 Å². The number of hydrogen-bond acceptors (Lipinski definition) is 5. The van der Waals surface area contributed by atoms with Crippen molar-refractivity contribution in [2.75, 3.05) is 9.80 Å². The third-order valence-corrected chi connectivity index (χ3v) is 16.7. The topological polar surface area (TPSA) is 45.4 Å². The summed E-state index contributed by atoms with van der Waals surface area (Å²) in [6, 6.07) is 83.8. The summed E-state index contributed by atoms with van der Waals surface area (Å²) in [5.74, 6) is 0. The maximum atomic E-state index is 6.75. The van der Waals surface area contributed by atoms with Crippen LogP contribution in [-0.4, -0.2) is 9.97 Å². The highest BCUT2D eigenvalue weighted by molar-refractivity contribution is 6.14. The van der Waals surface area contributed by atoms with E-state index < -0.39 is 0 Å². The summed E-state index contributed by atoms with van der Waals surface area (Å²) in [6.45, 7) is 9.26. The van der Waals surface area contributed by atoms with E-state index in [1.165, 1.54) is 44.5 Å². The van der Waals surface area contributed by atoms with Gasteiger partial charge in [0.05, 0.1) is 22.8 Å². The highest BCUT2D eigenvalue weighted by Crippen LogP contribution is 2.55. The van der Waals surface area contributed by atoms with Crippen LogP contribution in [0.25, 0.3) is 88.3 Å². The Labute approximate surface area is 448 Å². The first-order chi connectivity index (χ1) is 37.7. The van der Waals surface area contributed by atoms with Crippen molar-refractivity contribution in [1.82, 2.24) is 9.97 Å². The summed E-state index contributed by atoms with van der Waals surface area (Å²) >= 11 is 0. The molecule has 0 amide bonds. The molecule has 3 aromatic heterocycles. The lowest BCUT2D eigenvalue weighted by Gasteiger charge is -2.29. The molecule has 0 radical (unpaired) electrons. The smallest absolute Gasteiger partial charge is 0.136 e.